The minimum atomic E-state index is 0.352. The molecule has 3 heteroatoms. The lowest BCUT2D eigenvalue weighted by molar-refractivity contribution is 0.0991. The summed E-state index contributed by atoms with van der Waals surface area (Å²) in [7, 11) is 0. The Morgan fingerprint density at radius 1 is 1.24 bits per heavy atom. The summed E-state index contributed by atoms with van der Waals surface area (Å²) in [6, 6.07) is 4.14. The maximum atomic E-state index is 6.29. The van der Waals surface area contributed by atoms with E-state index < -0.39 is 0 Å². The molecule has 0 spiro atoms. The molecule has 21 heavy (non-hydrogen) atoms. The summed E-state index contributed by atoms with van der Waals surface area (Å²) >= 11 is 0. The van der Waals surface area contributed by atoms with Gasteiger partial charge in [0.25, 0.3) is 0 Å². The van der Waals surface area contributed by atoms with Gasteiger partial charge in [0.2, 0.25) is 0 Å². The highest BCUT2D eigenvalue weighted by molar-refractivity contribution is 5.29. The van der Waals surface area contributed by atoms with Crippen molar-refractivity contribution >= 4 is 0 Å². The van der Waals surface area contributed by atoms with Crippen molar-refractivity contribution < 1.29 is 4.74 Å². The zero-order chi connectivity index (χ0) is 15.2. The molecule has 1 aliphatic carbocycles. The van der Waals surface area contributed by atoms with Crippen LogP contribution in [0, 0.1) is 18.8 Å². The maximum absolute atomic E-state index is 6.29. The van der Waals surface area contributed by atoms with Crippen molar-refractivity contribution in [3.63, 3.8) is 0 Å². The van der Waals surface area contributed by atoms with Crippen molar-refractivity contribution in [3.05, 3.63) is 23.5 Å². The lowest BCUT2D eigenvalue weighted by Crippen LogP contribution is -2.29. The van der Waals surface area contributed by atoms with Gasteiger partial charge in [0.05, 0.1) is 11.8 Å². The van der Waals surface area contributed by atoms with Crippen LogP contribution < -0.4 is 10.1 Å². The summed E-state index contributed by atoms with van der Waals surface area (Å²) in [5.41, 5.74) is 2.11. The third kappa shape index (κ3) is 4.70. The van der Waals surface area contributed by atoms with Crippen molar-refractivity contribution in [1.29, 1.82) is 0 Å². The van der Waals surface area contributed by atoms with E-state index in [4.69, 9.17) is 4.74 Å². The highest BCUT2D eigenvalue weighted by Crippen LogP contribution is 2.32. The summed E-state index contributed by atoms with van der Waals surface area (Å²) in [4.78, 5) is 4.66. The Labute approximate surface area is 129 Å². The molecule has 0 amide bonds. The third-order valence-electron chi connectivity index (χ3n) is 4.63. The van der Waals surface area contributed by atoms with Gasteiger partial charge in [-0.3, -0.25) is 4.98 Å². The van der Waals surface area contributed by atoms with Crippen LogP contribution in [0.3, 0.4) is 0 Å². The molecule has 0 saturated heterocycles. The maximum Gasteiger partial charge on any atom is 0.142 e. The molecule has 1 saturated carbocycles. The molecule has 3 atom stereocenters. The molecule has 1 aromatic rings. The second-order valence-electron chi connectivity index (χ2n) is 6.58. The number of hydrogen-bond acceptors (Lipinski definition) is 3. The second kappa shape index (κ2) is 7.79. The predicted octanol–water partition coefficient (Wildman–Crippen LogP) is 4.09. The molecule has 1 aromatic heterocycles. The molecule has 0 aliphatic heterocycles. The topological polar surface area (TPSA) is 34.2 Å². The van der Waals surface area contributed by atoms with Crippen LogP contribution >= 0.6 is 0 Å². The van der Waals surface area contributed by atoms with Gasteiger partial charge in [0.1, 0.15) is 5.75 Å². The van der Waals surface area contributed by atoms with Gasteiger partial charge in [-0.2, -0.15) is 0 Å². The molecule has 0 aromatic carbocycles. The zero-order valence-electron chi connectivity index (χ0n) is 14.0. The van der Waals surface area contributed by atoms with E-state index in [-0.39, 0.29) is 0 Å². The molecule has 2 rings (SSSR count). The fourth-order valence-corrected chi connectivity index (χ4v) is 3.00. The first-order chi connectivity index (χ1) is 10.1. The van der Waals surface area contributed by atoms with Crippen LogP contribution in [-0.2, 0) is 6.54 Å². The normalized spacial score (nSPS) is 25.8. The smallest absolute Gasteiger partial charge is 0.142 e. The van der Waals surface area contributed by atoms with Crippen LogP contribution in [0.2, 0.25) is 0 Å². The molecule has 1 aliphatic rings. The van der Waals surface area contributed by atoms with Crippen LogP contribution in [0.15, 0.2) is 12.1 Å². The highest BCUT2D eigenvalue weighted by atomic mass is 16.5. The second-order valence-corrected chi connectivity index (χ2v) is 6.58. The first kappa shape index (κ1) is 16.3. The molecule has 1 fully saturated rings. The molecule has 3 unspecified atom stereocenters. The van der Waals surface area contributed by atoms with E-state index in [0.717, 1.165) is 54.9 Å². The van der Waals surface area contributed by atoms with Gasteiger partial charge in [-0.25, -0.2) is 0 Å². The molecule has 118 valence electrons. The SMILES string of the molecule is CCCNCc1nc(C)ccc1OC1CCC(C)C(C)C1. The molecule has 3 nitrogen and oxygen atoms in total. The van der Waals surface area contributed by atoms with Gasteiger partial charge in [0.15, 0.2) is 0 Å². The van der Waals surface area contributed by atoms with Crippen molar-refractivity contribution in [2.24, 2.45) is 11.8 Å². The van der Waals surface area contributed by atoms with Crippen molar-refractivity contribution in [2.75, 3.05) is 6.54 Å². The van der Waals surface area contributed by atoms with E-state index in [1.54, 1.807) is 0 Å². The van der Waals surface area contributed by atoms with Gasteiger partial charge in [-0.15, -0.1) is 0 Å². The minimum Gasteiger partial charge on any atom is -0.488 e. The lowest BCUT2D eigenvalue weighted by atomic mass is 9.80. The van der Waals surface area contributed by atoms with Gasteiger partial charge in [0, 0.05) is 12.2 Å². The Bertz CT molecular complexity index is 447. The van der Waals surface area contributed by atoms with Gasteiger partial charge in [-0.1, -0.05) is 20.8 Å². The quantitative estimate of drug-likeness (QED) is 0.801. The largest absolute Gasteiger partial charge is 0.488 e. The molecule has 1 heterocycles. The van der Waals surface area contributed by atoms with Gasteiger partial charge >= 0.3 is 0 Å². The zero-order valence-corrected chi connectivity index (χ0v) is 14.0. The first-order valence-corrected chi connectivity index (χ1v) is 8.44. The number of aromatic nitrogens is 1. The number of nitrogens with one attached hydrogen (secondary N) is 1. The molecule has 1 N–H and O–H groups in total. The first-order valence-electron chi connectivity index (χ1n) is 8.44. The van der Waals surface area contributed by atoms with Crippen molar-refractivity contribution in [1.82, 2.24) is 10.3 Å². The number of nitrogens with zero attached hydrogens (tertiary/aromatic N) is 1. The number of rotatable bonds is 6. The standard InChI is InChI=1S/C18H30N2O/c1-5-10-19-12-17-18(9-7-15(4)20-17)21-16-8-6-13(2)14(3)11-16/h7,9,13-14,16,19H,5-6,8,10-12H2,1-4H3. The lowest BCUT2D eigenvalue weighted by Gasteiger charge is -2.32. The van der Waals surface area contributed by atoms with Crippen LogP contribution in [0.1, 0.15) is 57.8 Å². The number of ether oxygens (including phenoxy) is 1. The Hall–Kier alpha value is -1.09. The summed E-state index contributed by atoms with van der Waals surface area (Å²) < 4.78 is 6.29. The summed E-state index contributed by atoms with van der Waals surface area (Å²) in [6.45, 7) is 10.7. The van der Waals surface area contributed by atoms with Crippen LogP contribution in [0.5, 0.6) is 5.75 Å². The Balaban J connectivity index is 2.01. The molecular weight excluding hydrogens is 260 g/mol. The highest BCUT2D eigenvalue weighted by Gasteiger charge is 2.26. The van der Waals surface area contributed by atoms with E-state index in [2.05, 4.69) is 37.1 Å². The van der Waals surface area contributed by atoms with E-state index >= 15 is 0 Å². The summed E-state index contributed by atoms with van der Waals surface area (Å²) in [6.07, 6.45) is 5.10. The van der Waals surface area contributed by atoms with E-state index in [1.165, 1.54) is 12.8 Å². The van der Waals surface area contributed by atoms with E-state index in [1.807, 2.05) is 13.0 Å². The fourth-order valence-electron chi connectivity index (χ4n) is 3.00. The fraction of sp³-hybridized carbons (Fsp3) is 0.722. The van der Waals surface area contributed by atoms with Crippen LogP contribution in [0.25, 0.3) is 0 Å². The Morgan fingerprint density at radius 2 is 2.05 bits per heavy atom. The summed E-state index contributed by atoms with van der Waals surface area (Å²) in [5.74, 6) is 2.55. The van der Waals surface area contributed by atoms with Crippen molar-refractivity contribution in [2.45, 2.75) is 66.0 Å². The predicted molar refractivity (Wildman–Crippen MR) is 87.6 cm³/mol. The Kier molecular flexibility index (Phi) is 6.04. The van der Waals surface area contributed by atoms with Crippen LogP contribution in [0.4, 0.5) is 0 Å². The number of pyridine rings is 1. The number of hydrogen-bond donors (Lipinski definition) is 1. The van der Waals surface area contributed by atoms with E-state index in [0.29, 0.717) is 6.10 Å². The minimum absolute atomic E-state index is 0.352. The van der Waals surface area contributed by atoms with E-state index in [9.17, 15) is 0 Å². The van der Waals surface area contributed by atoms with Crippen LogP contribution in [-0.4, -0.2) is 17.6 Å². The summed E-state index contributed by atoms with van der Waals surface area (Å²) in [5, 5.41) is 3.43. The van der Waals surface area contributed by atoms with Gasteiger partial charge in [-0.05, 0) is 63.1 Å². The Morgan fingerprint density at radius 3 is 2.76 bits per heavy atom. The van der Waals surface area contributed by atoms with Gasteiger partial charge < -0.3 is 10.1 Å². The molecule has 0 bridgehead atoms. The monoisotopic (exact) mass is 290 g/mol. The van der Waals surface area contributed by atoms with Crippen molar-refractivity contribution in [3.8, 4) is 5.75 Å². The average molecular weight is 290 g/mol. The molecular formula is C18H30N2O. The number of aryl methyl sites for hydroxylation is 1. The average Bonchev–Trinajstić information content (AvgIpc) is 2.46. The molecule has 0 radical (unpaired) electrons. The third-order valence-corrected chi connectivity index (χ3v) is 4.63.